The average molecular weight is 268 g/mol. The summed E-state index contributed by atoms with van der Waals surface area (Å²) in [6, 6.07) is 12.2. The lowest BCUT2D eigenvalue weighted by Gasteiger charge is -2.07. The first kappa shape index (κ1) is 11.5. The van der Waals surface area contributed by atoms with E-state index in [0.717, 1.165) is 29.7 Å². The van der Waals surface area contributed by atoms with Gasteiger partial charge in [0.2, 0.25) is 0 Å². The average Bonchev–Trinajstić information content (AvgIpc) is 3.19. The molecule has 0 unspecified atom stereocenters. The van der Waals surface area contributed by atoms with Crippen LogP contribution >= 0.6 is 0 Å². The molecule has 0 saturated heterocycles. The first-order valence-corrected chi connectivity index (χ1v) is 6.69. The Morgan fingerprint density at radius 3 is 2.75 bits per heavy atom. The van der Waals surface area contributed by atoms with Crippen LogP contribution in [-0.2, 0) is 0 Å². The van der Waals surface area contributed by atoms with Crippen LogP contribution in [0.3, 0.4) is 0 Å². The van der Waals surface area contributed by atoms with Gasteiger partial charge in [0, 0.05) is 17.7 Å². The Morgan fingerprint density at radius 1 is 1.15 bits per heavy atom. The maximum atomic E-state index is 13.4. The Balaban J connectivity index is 2.00. The van der Waals surface area contributed by atoms with Crippen LogP contribution in [0.1, 0.15) is 18.9 Å². The smallest absolute Gasteiger partial charge is 0.141 e. The quantitative estimate of drug-likeness (QED) is 0.765. The van der Waals surface area contributed by atoms with E-state index in [4.69, 9.17) is 0 Å². The molecule has 1 saturated carbocycles. The third kappa shape index (κ3) is 1.76. The van der Waals surface area contributed by atoms with Gasteiger partial charge < -0.3 is 9.67 Å². The molecule has 100 valence electrons. The fourth-order valence-electron chi connectivity index (χ4n) is 2.62. The number of aromatic hydroxyl groups is 1. The van der Waals surface area contributed by atoms with E-state index in [1.165, 1.54) is 12.1 Å². The van der Waals surface area contributed by atoms with Crippen molar-refractivity contribution < 1.29 is 9.50 Å². The molecule has 1 heterocycles. The Labute approximate surface area is 115 Å². The molecule has 20 heavy (non-hydrogen) atoms. The molecule has 1 aliphatic rings. The van der Waals surface area contributed by atoms with Crippen molar-refractivity contribution in [1.29, 1.82) is 0 Å². The first-order chi connectivity index (χ1) is 9.72. The highest BCUT2D eigenvalue weighted by Gasteiger charge is 2.28. The highest BCUT2D eigenvalue weighted by molar-refractivity contribution is 5.81. The lowest BCUT2D eigenvalue weighted by atomic mass is 10.2. The van der Waals surface area contributed by atoms with Crippen molar-refractivity contribution in [2.45, 2.75) is 18.9 Å². The summed E-state index contributed by atoms with van der Waals surface area (Å²) in [5.74, 6) is 0.729. The van der Waals surface area contributed by atoms with Gasteiger partial charge in [0.1, 0.15) is 17.4 Å². The maximum Gasteiger partial charge on any atom is 0.141 e. The van der Waals surface area contributed by atoms with Gasteiger partial charge in [-0.2, -0.15) is 0 Å². The van der Waals surface area contributed by atoms with Crippen molar-refractivity contribution in [3.05, 3.63) is 48.3 Å². The summed E-state index contributed by atoms with van der Waals surface area (Å²) < 4.78 is 15.5. The number of imidazole rings is 1. The molecule has 1 N–H and O–H groups in total. The van der Waals surface area contributed by atoms with E-state index in [1.807, 2.05) is 6.07 Å². The Kier molecular flexibility index (Phi) is 2.33. The van der Waals surface area contributed by atoms with Gasteiger partial charge in [-0.15, -0.1) is 0 Å². The van der Waals surface area contributed by atoms with Gasteiger partial charge in [-0.05, 0) is 37.1 Å². The number of fused-ring (bicyclic) bond motifs is 1. The maximum absolute atomic E-state index is 13.4. The standard InChI is InChI=1S/C16H13FN2O/c17-11-4-7-15-14(9-11)18-16(19(15)12-5-6-12)10-2-1-3-13(20)8-10/h1-4,7-9,12,20H,5-6H2. The van der Waals surface area contributed by atoms with Crippen LogP contribution in [0.2, 0.25) is 0 Å². The fraction of sp³-hybridized carbons (Fsp3) is 0.188. The third-order valence-corrected chi connectivity index (χ3v) is 3.67. The van der Waals surface area contributed by atoms with E-state index in [9.17, 15) is 9.50 Å². The second-order valence-electron chi connectivity index (χ2n) is 5.22. The Bertz CT molecular complexity index is 805. The van der Waals surface area contributed by atoms with E-state index in [1.54, 1.807) is 24.3 Å². The number of phenolic OH excluding ortho intramolecular Hbond substituents is 1. The molecule has 1 aromatic heterocycles. The van der Waals surface area contributed by atoms with Gasteiger partial charge in [0.05, 0.1) is 11.0 Å². The lowest BCUT2D eigenvalue weighted by Crippen LogP contribution is -1.97. The molecular weight excluding hydrogens is 255 g/mol. The highest BCUT2D eigenvalue weighted by Crippen LogP contribution is 2.41. The molecule has 0 bridgehead atoms. The van der Waals surface area contributed by atoms with Crippen LogP contribution in [0.15, 0.2) is 42.5 Å². The highest BCUT2D eigenvalue weighted by atomic mass is 19.1. The number of hydrogen-bond donors (Lipinski definition) is 1. The predicted octanol–water partition coefficient (Wildman–Crippen LogP) is 3.88. The number of halogens is 1. The molecule has 0 amide bonds. The molecule has 0 aliphatic heterocycles. The van der Waals surface area contributed by atoms with Crippen molar-refractivity contribution in [1.82, 2.24) is 9.55 Å². The summed E-state index contributed by atoms with van der Waals surface area (Å²) in [5, 5.41) is 9.64. The zero-order chi connectivity index (χ0) is 13.7. The Hall–Kier alpha value is -2.36. The molecule has 4 heteroatoms. The van der Waals surface area contributed by atoms with Crippen LogP contribution in [0.5, 0.6) is 5.75 Å². The van der Waals surface area contributed by atoms with E-state index >= 15 is 0 Å². The monoisotopic (exact) mass is 268 g/mol. The molecule has 4 rings (SSSR count). The summed E-state index contributed by atoms with van der Waals surface area (Å²) in [6.45, 7) is 0. The topological polar surface area (TPSA) is 38.1 Å². The summed E-state index contributed by atoms with van der Waals surface area (Å²) >= 11 is 0. The molecule has 0 spiro atoms. The summed E-state index contributed by atoms with van der Waals surface area (Å²) in [5.41, 5.74) is 2.47. The zero-order valence-electron chi connectivity index (χ0n) is 10.8. The van der Waals surface area contributed by atoms with Crippen LogP contribution in [0, 0.1) is 5.82 Å². The number of hydrogen-bond acceptors (Lipinski definition) is 2. The number of phenols is 1. The lowest BCUT2D eigenvalue weighted by molar-refractivity contribution is 0.475. The summed E-state index contributed by atoms with van der Waals surface area (Å²) in [6.07, 6.45) is 2.24. The van der Waals surface area contributed by atoms with Gasteiger partial charge in [-0.1, -0.05) is 12.1 Å². The summed E-state index contributed by atoms with van der Waals surface area (Å²) in [4.78, 5) is 4.56. The van der Waals surface area contributed by atoms with Crippen LogP contribution in [0.4, 0.5) is 4.39 Å². The van der Waals surface area contributed by atoms with Gasteiger partial charge in [0.25, 0.3) is 0 Å². The molecule has 0 atom stereocenters. The second kappa shape index (κ2) is 4.07. The van der Waals surface area contributed by atoms with Crippen LogP contribution < -0.4 is 0 Å². The minimum absolute atomic E-state index is 0.211. The van der Waals surface area contributed by atoms with Crippen LogP contribution in [0.25, 0.3) is 22.4 Å². The normalized spacial score (nSPS) is 14.8. The van der Waals surface area contributed by atoms with Crippen molar-refractivity contribution in [2.75, 3.05) is 0 Å². The van der Waals surface area contributed by atoms with Crippen molar-refractivity contribution >= 4 is 11.0 Å². The molecule has 0 radical (unpaired) electrons. The van der Waals surface area contributed by atoms with Crippen molar-refractivity contribution in [3.63, 3.8) is 0 Å². The van der Waals surface area contributed by atoms with E-state index in [2.05, 4.69) is 9.55 Å². The van der Waals surface area contributed by atoms with E-state index in [-0.39, 0.29) is 11.6 Å². The minimum Gasteiger partial charge on any atom is -0.508 e. The number of aromatic nitrogens is 2. The van der Waals surface area contributed by atoms with Crippen molar-refractivity contribution in [3.8, 4) is 17.1 Å². The fourth-order valence-corrected chi connectivity index (χ4v) is 2.62. The third-order valence-electron chi connectivity index (χ3n) is 3.67. The van der Waals surface area contributed by atoms with Crippen LogP contribution in [-0.4, -0.2) is 14.7 Å². The number of rotatable bonds is 2. The zero-order valence-corrected chi connectivity index (χ0v) is 10.8. The Morgan fingerprint density at radius 2 is 2.00 bits per heavy atom. The van der Waals surface area contributed by atoms with Gasteiger partial charge >= 0.3 is 0 Å². The summed E-state index contributed by atoms with van der Waals surface area (Å²) in [7, 11) is 0. The van der Waals surface area contributed by atoms with E-state index in [0.29, 0.717) is 11.6 Å². The molecular formula is C16H13FN2O. The molecule has 1 aliphatic carbocycles. The number of nitrogens with zero attached hydrogens (tertiary/aromatic N) is 2. The van der Waals surface area contributed by atoms with E-state index < -0.39 is 0 Å². The number of benzene rings is 2. The SMILES string of the molecule is Oc1cccc(-c2nc3cc(F)ccc3n2C2CC2)c1. The molecule has 3 nitrogen and oxygen atoms in total. The molecule has 3 aromatic rings. The first-order valence-electron chi connectivity index (χ1n) is 6.69. The predicted molar refractivity (Wildman–Crippen MR) is 75.1 cm³/mol. The van der Waals surface area contributed by atoms with Gasteiger partial charge in [-0.3, -0.25) is 0 Å². The largest absolute Gasteiger partial charge is 0.508 e. The second-order valence-corrected chi connectivity index (χ2v) is 5.22. The molecule has 1 fully saturated rings. The van der Waals surface area contributed by atoms with Gasteiger partial charge in [0.15, 0.2) is 0 Å². The van der Waals surface area contributed by atoms with Gasteiger partial charge in [-0.25, -0.2) is 9.37 Å². The van der Waals surface area contributed by atoms with Crippen molar-refractivity contribution in [2.24, 2.45) is 0 Å². The minimum atomic E-state index is -0.277. The molecule has 2 aromatic carbocycles.